The molecule has 2 aromatic carbocycles. The van der Waals surface area contributed by atoms with Gasteiger partial charge in [-0.15, -0.1) is 0 Å². The summed E-state index contributed by atoms with van der Waals surface area (Å²) < 4.78 is 5.45. The second kappa shape index (κ2) is 7.26. The van der Waals surface area contributed by atoms with E-state index in [2.05, 4.69) is 10.5 Å². The Morgan fingerprint density at radius 1 is 1.23 bits per heavy atom. The number of hydrogen-bond acceptors (Lipinski definition) is 4. The van der Waals surface area contributed by atoms with Gasteiger partial charge in [0.2, 0.25) is 0 Å². The normalized spacial score (nSPS) is 11.1. The van der Waals surface area contributed by atoms with Crippen molar-refractivity contribution in [1.29, 1.82) is 0 Å². The Kier molecular flexibility index (Phi) is 5.14. The summed E-state index contributed by atoms with van der Waals surface area (Å²) >= 11 is 0. The van der Waals surface area contributed by atoms with Crippen LogP contribution in [0.4, 0.5) is 5.69 Å². The van der Waals surface area contributed by atoms with Crippen LogP contribution in [0.3, 0.4) is 0 Å². The number of nitrogens with one attached hydrogen (secondary N) is 1. The van der Waals surface area contributed by atoms with Crippen LogP contribution >= 0.6 is 0 Å². The largest absolute Gasteiger partial charge is 0.484 e. The van der Waals surface area contributed by atoms with E-state index in [0.29, 0.717) is 11.5 Å². The van der Waals surface area contributed by atoms with Crippen LogP contribution in [-0.2, 0) is 4.79 Å². The zero-order valence-corrected chi connectivity index (χ0v) is 12.5. The van der Waals surface area contributed by atoms with Gasteiger partial charge in [-0.3, -0.25) is 4.79 Å². The highest BCUT2D eigenvalue weighted by molar-refractivity contribution is 5.98. The Hall–Kier alpha value is -2.82. The summed E-state index contributed by atoms with van der Waals surface area (Å²) in [6.07, 6.45) is 0. The molecule has 22 heavy (non-hydrogen) atoms. The standard InChI is InChI=1S/C17H18N2O3/c1-12-6-8-15(9-7-12)18-17(20)11-22-16-5-3-4-14(10-16)13(2)19-21/h3-10,21H,11H2,1-2H3,(H,18,20)/b19-13+. The number of oxime groups is 1. The zero-order valence-electron chi connectivity index (χ0n) is 12.5. The Morgan fingerprint density at radius 3 is 2.64 bits per heavy atom. The molecule has 0 bridgehead atoms. The number of anilines is 1. The van der Waals surface area contributed by atoms with Crippen LogP contribution in [0.1, 0.15) is 18.1 Å². The number of rotatable bonds is 5. The molecule has 0 saturated carbocycles. The molecule has 5 heteroatoms. The number of ether oxygens (including phenoxy) is 1. The molecule has 0 aliphatic heterocycles. The number of amides is 1. The van der Waals surface area contributed by atoms with Crippen molar-refractivity contribution in [2.75, 3.05) is 11.9 Å². The molecule has 0 spiro atoms. The SMILES string of the molecule is C/C(=N\O)c1cccc(OCC(=O)Nc2ccc(C)cc2)c1. The maximum Gasteiger partial charge on any atom is 0.262 e. The molecule has 0 aliphatic rings. The van der Waals surface area contributed by atoms with Crippen molar-refractivity contribution in [2.45, 2.75) is 13.8 Å². The van der Waals surface area contributed by atoms with Crippen molar-refractivity contribution in [1.82, 2.24) is 0 Å². The summed E-state index contributed by atoms with van der Waals surface area (Å²) in [5, 5.41) is 14.7. The topological polar surface area (TPSA) is 70.9 Å². The molecule has 2 rings (SSSR count). The van der Waals surface area contributed by atoms with E-state index in [4.69, 9.17) is 9.94 Å². The highest BCUT2D eigenvalue weighted by Gasteiger charge is 2.05. The van der Waals surface area contributed by atoms with Gasteiger partial charge in [-0.25, -0.2) is 0 Å². The molecule has 0 atom stereocenters. The van der Waals surface area contributed by atoms with Gasteiger partial charge in [0, 0.05) is 11.3 Å². The average molecular weight is 298 g/mol. The van der Waals surface area contributed by atoms with E-state index in [1.54, 1.807) is 31.2 Å². The quantitative estimate of drug-likeness (QED) is 0.506. The van der Waals surface area contributed by atoms with Crippen molar-refractivity contribution in [3.05, 3.63) is 59.7 Å². The number of carbonyl (C=O) groups is 1. The molecule has 0 radical (unpaired) electrons. The van der Waals surface area contributed by atoms with Crippen molar-refractivity contribution >= 4 is 17.3 Å². The van der Waals surface area contributed by atoms with Crippen molar-refractivity contribution in [2.24, 2.45) is 5.16 Å². The monoisotopic (exact) mass is 298 g/mol. The van der Waals surface area contributed by atoms with E-state index in [1.165, 1.54) is 0 Å². The number of hydrogen-bond donors (Lipinski definition) is 2. The van der Waals surface area contributed by atoms with Crippen LogP contribution in [0.5, 0.6) is 5.75 Å². The third-order valence-corrected chi connectivity index (χ3v) is 3.11. The molecule has 2 aromatic rings. The third-order valence-electron chi connectivity index (χ3n) is 3.11. The summed E-state index contributed by atoms with van der Waals surface area (Å²) in [7, 11) is 0. The fraction of sp³-hybridized carbons (Fsp3) is 0.176. The second-order valence-electron chi connectivity index (χ2n) is 4.92. The lowest BCUT2D eigenvalue weighted by atomic mass is 10.1. The summed E-state index contributed by atoms with van der Waals surface area (Å²) in [6, 6.07) is 14.6. The van der Waals surface area contributed by atoms with Crippen LogP contribution in [-0.4, -0.2) is 23.4 Å². The van der Waals surface area contributed by atoms with E-state index in [0.717, 1.165) is 16.8 Å². The molecule has 2 N–H and O–H groups in total. The summed E-state index contributed by atoms with van der Waals surface area (Å²) in [5.41, 5.74) is 3.08. The first-order valence-corrected chi connectivity index (χ1v) is 6.87. The summed E-state index contributed by atoms with van der Waals surface area (Å²) in [6.45, 7) is 3.58. The first-order valence-electron chi connectivity index (χ1n) is 6.87. The van der Waals surface area contributed by atoms with Gasteiger partial charge in [0.15, 0.2) is 6.61 Å². The molecule has 5 nitrogen and oxygen atoms in total. The van der Waals surface area contributed by atoms with E-state index >= 15 is 0 Å². The highest BCUT2D eigenvalue weighted by Crippen LogP contribution is 2.14. The molecule has 0 aliphatic carbocycles. The lowest BCUT2D eigenvalue weighted by Crippen LogP contribution is -2.20. The Labute approximate surface area is 129 Å². The molecule has 0 unspecified atom stereocenters. The molecule has 0 fully saturated rings. The lowest BCUT2D eigenvalue weighted by molar-refractivity contribution is -0.118. The molecule has 0 aromatic heterocycles. The minimum atomic E-state index is -0.234. The van der Waals surface area contributed by atoms with Gasteiger partial charge in [0.05, 0.1) is 5.71 Å². The lowest BCUT2D eigenvalue weighted by Gasteiger charge is -2.09. The van der Waals surface area contributed by atoms with Gasteiger partial charge in [-0.2, -0.15) is 0 Å². The van der Waals surface area contributed by atoms with E-state index in [-0.39, 0.29) is 12.5 Å². The second-order valence-corrected chi connectivity index (χ2v) is 4.92. The smallest absolute Gasteiger partial charge is 0.262 e. The third kappa shape index (κ3) is 4.34. The van der Waals surface area contributed by atoms with Gasteiger partial charge in [-0.1, -0.05) is 35.0 Å². The predicted molar refractivity (Wildman–Crippen MR) is 85.7 cm³/mol. The molecule has 114 valence electrons. The van der Waals surface area contributed by atoms with E-state index in [9.17, 15) is 4.79 Å². The number of benzene rings is 2. The Balaban J connectivity index is 1.92. The minimum Gasteiger partial charge on any atom is -0.484 e. The summed E-state index contributed by atoms with van der Waals surface area (Å²) in [5.74, 6) is 0.307. The average Bonchev–Trinajstić information content (AvgIpc) is 2.54. The van der Waals surface area contributed by atoms with E-state index in [1.807, 2.05) is 31.2 Å². The van der Waals surface area contributed by atoms with Crippen LogP contribution < -0.4 is 10.1 Å². The van der Waals surface area contributed by atoms with Gasteiger partial charge < -0.3 is 15.3 Å². The minimum absolute atomic E-state index is 0.0906. The van der Waals surface area contributed by atoms with Gasteiger partial charge >= 0.3 is 0 Å². The fourth-order valence-electron chi connectivity index (χ4n) is 1.85. The molecular formula is C17H18N2O3. The van der Waals surface area contributed by atoms with Crippen LogP contribution in [0.15, 0.2) is 53.7 Å². The Morgan fingerprint density at radius 2 is 1.95 bits per heavy atom. The van der Waals surface area contributed by atoms with Crippen molar-refractivity contribution < 1.29 is 14.7 Å². The maximum absolute atomic E-state index is 11.8. The van der Waals surface area contributed by atoms with Crippen LogP contribution in [0.25, 0.3) is 0 Å². The van der Waals surface area contributed by atoms with Gasteiger partial charge in [0.1, 0.15) is 5.75 Å². The number of nitrogens with zero attached hydrogens (tertiary/aromatic N) is 1. The van der Waals surface area contributed by atoms with Gasteiger partial charge in [0.25, 0.3) is 5.91 Å². The number of carbonyl (C=O) groups excluding carboxylic acids is 1. The number of aryl methyl sites for hydroxylation is 1. The molecule has 0 heterocycles. The van der Waals surface area contributed by atoms with Crippen molar-refractivity contribution in [3.8, 4) is 5.75 Å². The Bertz CT molecular complexity index is 679. The van der Waals surface area contributed by atoms with Crippen molar-refractivity contribution in [3.63, 3.8) is 0 Å². The molecular weight excluding hydrogens is 280 g/mol. The van der Waals surface area contributed by atoms with E-state index < -0.39 is 0 Å². The fourth-order valence-corrected chi connectivity index (χ4v) is 1.85. The first kappa shape index (κ1) is 15.6. The van der Waals surface area contributed by atoms with Crippen LogP contribution in [0, 0.1) is 6.92 Å². The van der Waals surface area contributed by atoms with Crippen LogP contribution in [0.2, 0.25) is 0 Å². The molecule has 1 amide bonds. The zero-order chi connectivity index (χ0) is 15.9. The summed E-state index contributed by atoms with van der Waals surface area (Å²) in [4.78, 5) is 11.8. The molecule has 0 saturated heterocycles. The highest BCUT2D eigenvalue weighted by atomic mass is 16.5. The van der Waals surface area contributed by atoms with Gasteiger partial charge in [-0.05, 0) is 38.1 Å². The maximum atomic E-state index is 11.8. The first-order chi connectivity index (χ1) is 10.6. The predicted octanol–water partition coefficient (Wildman–Crippen LogP) is 3.21.